The first-order chi connectivity index (χ1) is 19.4. The van der Waals surface area contributed by atoms with Gasteiger partial charge in [0, 0.05) is 66.4 Å². The highest BCUT2D eigenvalue weighted by molar-refractivity contribution is 7.20. The third kappa shape index (κ3) is 4.59. The van der Waals surface area contributed by atoms with Crippen LogP contribution < -0.4 is 0 Å². The van der Waals surface area contributed by atoms with Crippen LogP contribution in [0.5, 0.6) is 0 Å². The molecule has 2 aromatic heterocycles. The molecule has 0 spiro atoms. The van der Waals surface area contributed by atoms with Gasteiger partial charge in [-0.2, -0.15) is 26.3 Å². The SMILES string of the molecule is COCO[C@H](C)c1sc2ccccc2c1C1=C(c2c([C@@H](C)OCOC)sc3ccccc23)C(F)(F)C(F)(F)C1(F)F. The Bertz CT molecular complexity index is 1490. The van der Waals surface area contributed by atoms with Gasteiger partial charge in [0.2, 0.25) is 0 Å². The molecule has 1 aliphatic rings. The van der Waals surface area contributed by atoms with Crippen LogP contribution in [0.15, 0.2) is 48.5 Å². The number of ether oxygens (including phenoxy) is 4. The molecule has 0 saturated heterocycles. The maximum Gasteiger partial charge on any atom is 0.380 e. The van der Waals surface area contributed by atoms with Crippen molar-refractivity contribution in [2.45, 2.75) is 43.8 Å². The van der Waals surface area contributed by atoms with Crippen molar-refractivity contribution in [1.29, 1.82) is 0 Å². The highest BCUT2D eigenvalue weighted by Crippen LogP contribution is 2.67. The number of methoxy groups -OCH3 is 2. The molecule has 12 heteroatoms. The van der Waals surface area contributed by atoms with E-state index in [0.29, 0.717) is 9.40 Å². The third-order valence-corrected chi connectivity index (χ3v) is 9.69. The zero-order chi connectivity index (χ0) is 29.7. The summed E-state index contributed by atoms with van der Waals surface area (Å²) in [4.78, 5) is 0.211. The maximum absolute atomic E-state index is 16.0. The van der Waals surface area contributed by atoms with E-state index in [9.17, 15) is 0 Å². The van der Waals surface area contributed by atoms with E-state index in [1.165, 1.54) is 40.2 Å². The number of halogens is 6. The Kier molecular flexibility index (Phi) is 8.03. The standard InChI is InChI=1S/C29H26F6O4S2/c1-15(38-13-36-3)25-21(17-9-5-7-11-19(17)40-25)23-24(28(32,33)29(34,35)27(23,30)31)22-18-10-6-8-12-20(18)41-26(22)16(2)39-14-37-4/h5-12,15-16H,13-14H2,1-4H3/t15-,16-/m1/s1. The quantitative estimate of drug-likeness (QED) is 0.131. The van der Waals surface area contributed by atoms with Crippen molar-refractivity contribution in [1.82, 2.24) is 0 Å². The minimum atomic E-state index is -5.72. The molecular formula is C29H26F6O4S2. The minimum absolute atomic E-state index is 0.105. The molecule has 4 nitrogen and oxygen atoms in total. The second-order valence-electron chi connectivity index (χ2n) is 9.58. The van der Waals surface area contributed by atoms with Crippen LogP contribution in [-0.2, 0) is 18.9 Å². The molecule has 4 aromatic rings. The van der Waals surface area contributed by atoms with Gasteiger partial charge in [-0.05, 0) is 26.0 Å². The number of thiophene rings is 2. The first-order valence-corrected chi connectivity index (χ1v) is 14.2. The van der Waals surface area contributed by atoms with Crippen molar-refractivity contribution >= 4 is 54.0 Å². The summed E-state index contributed by atoms with van der Waals surface area (Å²) >= 11 is 2.04. The first-order valence-electron chi connectivity index (χ1n) is 12.5. The lowest BCUT2D eigenvalue weighted by Gasteiger charge is -2.26. The Hall–Kier alpha value is -2.48. The summed E-state index contributed by atoms with van der Waals surface area (Å²) < 4.78 is 117. The maximum atomic E-state index is 16.0. The van der Waals surface area contributed by atoms with Crippen molar-refractivity contribution in [3.8, 4) is 0 Å². The molecule has 0 bridgehead atoms. The van der Waals surface area contributed by atoms with E-state index in [1.54, 1.807) is 36.4 Å². The summed E-state index contributed by atoms with van der Waals surface area (Å²) in [6.07, 6.45) is -1.87. The Morgan fingerprint density at radius 1 is 0.634 bits per heavy atom. The first kappa shape index (κ1) is 30.0. The fourth-order valence-electron chi connectivity index (χ4n) is 5.10. The Morgan fingerprint density at radius 2 is 1.00 bits per heavy atom. The molecule has 2 heterocycles. The average molecular weight is 617 g/mol. The molecule has 2 aromatic carbocycles. The zero-order valence-corrected chi connectivity index (χ0v) is 24.0. The molecule has 0 radical (unpaired) electrons. The van der Waals surface area contributed by atoms with Gasteiger partial charge in [0.25, 0.3) is 0 Å². The smallest absolute Gasteiger partial charge is 0.359 e. The van der Waals surface area contributed by atoms with Gasteiger partial charge in [0.15, 0.2) is 0 Å². The highest BCUT2D eigenvalue weighted by Gasteiger charge is 2.80. The number of allylic oxidation sites excluding steroid dienone is 2. The van der Waals surface area contributed by atoms with Crippen molar-refractivity contribution in [2.75, 3.05) is 27.8 Å². The van der Waals surface area contributed by atoms with Crippen molar-refractivity contribution in [2.24, 2.45) is 0 Å². The molecule has 0 aliphatic heterocycles. The zero-order valence-electron chi connectivity index (χ0n) is 22.4. The van der Waals surface area contributed by atoms with Gasteiger partial charge in [-0.1, -0.05) is 36.4 Å². The number of alkyl halides is 6. The van der Waals surface area contributed by atoms with Crippen molar-refractivity contribution < 1.29 is 45.3 Å². The molecule has 0 saturated carbocycles. The summed E-state index contributed by atoms with van der Waals surface area (Å²) in [7, 11) is 2.73. The van der Waals surface area contributed by atoms with Crippen molar-refractivity contribution in [3.63, 3.8) is 0 Å². The molecule has 0 fully saturated rings. The minimum Gasteiger partial charge on any atom is -0.359 e. The summed E-state index contributed by atoms with van der Waals surface area (Å²) in [5.74, 6) is -16.2. The van der Waals surface area contributed by atoms with Gasteiger partial charge in [-0.3, -0.25) is 0 Å². The van der Waals surface area contributed by atoms with E-state index < -0.39 is 52.2 Å². The summed E-state index contributed by atoms with van der Waals surface area (Å²) in [6.45, 7) is 2.61. The number of hydrogen-bond acceptors (Lipinski definition) is 6. The summed E-state index contributed by atoms with van der Waals surface area (Å²) in [5.41, 5.74) is -3.62. The predicted octanol–water partition coefficient (Wildman–Crippen LogP) is 9.31. The molecule has 2 atom stereocenters. The highest BCUT2D eigenvalue weighted by atomic mass is 32.1. The van der Waals surface area contributed by atoms with E-state index in [2.05, 4.69) is 0 Å². The second kappa shape index (κ2) is 11.0. The molecule has 41 heavy (non-hydrogen) atoms. The van der Waals surface area contributed by atoms with Crippen LogP contribution in [0.4, 0.5) is 26.3 Å². The van der Waals surface area contributed by atoms with Crippen molar-refractivity contribution in [3.05, 3.63) is 69.4 Å². The van der Waals surface area contributed by atoms with Gasteiger partial charge >= 0.3 is 17.8 Å². The van der Waals surface area contributed by atoms with E-state index in [-0.39, 0.29) is 34.1 Å². The van der Waals surface area contributed by atoms with Crippen LogP contribution in [0, 0.1) is 0 Å². The lowest BCUT2D eigenvalue weighted by Crippen LogP contribution is -2.49. The van der Waals surface area contributed by atoms with E-state index in [1.807, 2.05) is 0 Å². The summed E-state index contributed by atoms with van der Waals surface area (Å²) in [6, 6.07) is 12.5. The largest absolute Gasteiger partial charge is 0.380 e. The van der Waals surface area contributed by atoms with Gasteiger partial charge in [0.05, 0.1) is 12.2 Å². The topological polar surface area (TPSA) is 36.9 Å². The van der Waals surface area contributed by atoms with Gasteiger partial charge in [-0.15, -0.1) is 22.7 Å². The lowest BCUT2D eigenvalue weighted by atomic mass is 9.90. The second-order valence-corrected chi connectivity index (χ2v) is 11.7. The Balaban J connectivity index is 1.94. The molecule has 0 unspecified atom stereocenters. The fraction of sp³-hybridized carbons (Fsp3) is 0.379. The summed E-state index contributed by atoms with van der Waals surface area (Å²) in [5, 5.41) is 0.289. The van der Waals surface area contributed by atoms with E-state index in [0.717, 1.165) is 22.7 Å². The molecule has 0 amide bonds. The fourth-order valence-corrected chi connectivity index (χ4v) is 7.52. The molecule has 1 aliphatic carbocycles. The number of hydrogen-bond donors (Lipinski definition) is 0. The van der Waals surface area contributed by atoms with E-state index >= 15 is 26.3 Å². The molecule has 0 N–H and O–H groups in total. The Labute approximate surface area is 240 Å². The van der Waals surface area contributed by atoms with Crippen LogP contribution >= 0.6 is 22.7 Å². The van der Waals surface area contributed by atoms with Gasteiger partial charge in [-0.25, -0.2) is 0 Å². The average Bonchev–Trinajstić information content (AvgIpc) is 3.54. The van der Waals surface area contributed by atoms with Crippen LogP contribution in [0.2, 0.25) is 0 Å². The Morgan fingerprint density at radius 3 is 1.37 bits per heavy atom. The van der Waals surface area contributed by atoms with Crippen LogP contribution in [0.3, 0.4) is 0 Å². The van der Waals surface area contributed by atoms with E-state index in [4.69, 9.17) is 18.9 Å². The molecule has 5 rings (SSSR count). The number of fused-ring (bicyclic) bond motifs is 2. The van der Waals surface area contributed by atoms with Gasteiger partial charge < -0.3 is 18.9 Å². The van der Waals surface area contributed by atoms with Crippen LogP contribution in [0.25, 0.3) is 31.3 Å². The van der Waals surface area contributed by atoms with Gasteiger partial charge in [0.1, 0.15) is 13.6 Å². The monoisotopic (exact) mass is 616 g/mol. The normalized spacial score (nSPS) is 19.4. The van der Waals surface area contributed by atoms with Crippen LogP contribution in [-0.4, -0.2) is 45.6 Å². The molecule has 220 valence electrons. The van der Waals surface area contributed by atoms with Crippen LogP contribution in [0.1, 0.15) is 46.9 Å². The number of rotatable bonds is 10. The molecular weight excluding hydrogens is 590 g/mol. The lowest BCUT2D eigenvalue weighted by molar-refractivity contribution is -0.254. The predicted molar refractivity (Wildman–Crippen MR) is 148 cm³/mol. The number of benzene rings is 2. The third-order valence-electron chi connectivity index (χ3n) is 7.02.